The van der Waals surface area contributed by atoms with Crippen LogP contribution in [0.4, 0.5) is 5.69 Å². The van der Waals surface area contributed by atoms with Crippen LogP contribution in [0.15, 0.2) is 143 Å². The summed E-state index contributed by atoms with van der Waals surface area (Å²) in [6.45, 7) is 1.56. The Morgan fingerprint density at radius 3 is 2.23 bits per heavy atom. The van der Waals surface area contributed by atoms with E-state index in [-0.39, 0.29) is 17.0 Å². The Kier molecular flexibility index (Phi) is 10.8. The molecule has 0 bridgehead atoms. The van der Waals surface area contributed by atoms with Gasteiger partial charge in [0.25, 0.3) is 5.01 Å². The van der Waals surface area contributed by atoms with Crippen molar-refractivity contribution in [2.75, 3.05) is 19.1 Å². The minimum atomic E-state index is 0. The number of para-hydroxylation sites is 2. The van der Waals surface area contributed by atoms with Crippen molar-refractivity contribution in [3.8, 4) is 11.5 Å². The van der Waals surface area contributed by atoms with E-state index in [4.69, 9.17) is 9.47 Å². The molecule has 0 radical (unpaired) electrons. The predicted molar refractivity (Wildman–Crippen MR) is 191 cm³/mol. The summed E-state index contributed by atoms with van der Waals surface area (Å²) in [6.07, 6.45) is 14.8. The molecular weight excluding hydrogens is 648 g/mol. The lowest BCUT2D eigenvalue weighted by atomic mass is 10.2. The number of allylic oxidation sites excluding steroid dienone is 6. The summed E-state index contributed by atoms with van der Waals surface area (Å²) in [7, 11) is 3.42. The number of hydrogen-bond acceptors (Lipinski definition) is 5. The molecule has 4 aromatic carbocycles. The van der Waals surface area contributed by atoms with Gasteiger partial charge in [-0.05, 0) is 54.1 Å². The molecule has 44 heavy (non-hydrogen) atoms. The van der Waals surface area contributed by atoms with E-state index in [1.807, 2.05) is 24.3 Å². The number of ether oxygens (including phenoxy) is 2. The van der Waals surface area contributed by atoms with Crippen LogP contribution in [0.25, 0.3) is 16.3 Å². The maximum absolute atomic E-state index is 5.44. The summed E-state index contributed by atoms with van der Waals surface area (Å²) in [4.78, 5) is 3.64. The first-order chi connectivity index (χ1) is 21.2. The molecule has 222 valence electrons. The van der Waals surface area contributed by atoms with Crippen LogP contribution in [0.1, 0.15) is 16.1 Å². The third kappa shape index (κ3) is 7.36. The van der Waals surface area contributed by atoms with Crippen LogP contribution in [0.5, 0.6) is 11.5 Å². The van der Waals surface area contributed by atoms with Crippen molar-refractivity contribution in [3.05, 3.63) is 155 Å². The van der Waals surface area contributed by atoms with Crippen molar-refractivity contribution in [2.45, 2.75) is 18.0 Å². The van der Waals surface area contributed by atoms with Gasteiger partial charge in [-0.3, -0.25) is 0 Å². The highest BCUT2D eigenvalue weighted by atomic mass is 79.9. The Bertz CT molecular complexity index is 1860. The Labute approximate surface area is 278 Å². The summed E-state index contributed by atoms with van der Waals surface area (Å²) < 4.78 is 14.5. The lowest BCUT2D eigenvalue weighted by Gasteiger charge is -2.20. The molecule has 4 nitrogen and oxygen atoms in total. The van der Waals surface area contributed by atoms with Gasteiger partial charge in [-0.1, -0.05) is 102 Å². The van der Waals surface area contributed by atoms with Crippen molar-refractivity contribution < 1.29 is 14.0 Å². The fourth-order valence-electron chi connectivity index (χ4n) is 5.05. The highest BCUT2D eigenvalue weighted by molar-refractivity contribution is 8.93. The van der Waals surface area contributed by atoms with Crippen LogP contribution in [0, 0.1) is 0 Å². The number of anilines is 1. The third-order valence-electron chi connectivity index (χ3n) is 7.14. The second kappa shape index (κ2) is 15.1. The molecule has 7 heteroatoms. The number of hydrogen-bond donors (Lipinski definition) is 0. The molecule has 0 N–H and O–H groups in total. The van der Waals surface area contributed by atoms with Crippen molar-refractivity contribution in [2.24, 2.45) is 0 Å². The van der Waals surface area contributed by atoms with E-state index >= 15 is 0 Å². The summed E-state index contributed by atoms with van der Waals surface area (Å²) >= 11 is 3.61. The first-order valence-electron chi connectivity index (χ1n) is 14.2. The molecular formula is C37H34BrN2O2S2+. The summed E-state index contributed by atoms with van der Waals surface area (Å²) in [5.41, 5.74) is 4.89. The van der Waals surface area contributed by atoms with E-state index in [0.29, 0.717) is 0 Å². The van der Waals surface area contributed by atoms with Crippen molar-refractivity contribution in [3.63, 3.8) is 0 Å². The SMILES string of the molecule is Br.COc1cccc(CN2\C(=C/C=C/C=C/C=C/c3sc4ccccc4[n+]3Cc3cccc(OC)c3)Sc3ccccc32)c1. The van der Waals surface area contributed by atoms with Crippen LogP contribution in [0.3, 0.4) is 0 Å². The van der Waals surface area contributed by atoms with Gasteiger partial charge in [-0.2, -0.15) is 4.57 Å². The van der Waals surface area contributed by atoms with Gasteiger partial charge < -0.3 is 14.4 Å². The van der Waals surface area contributed by atoms with Gasteiger partial charge in [0.2, 0.25) is 5.52 Å². The molecule has 1 aromatic heterocycles. The van der Waals surface area contributed by atoms with Gasteiger partial charge in [-0.15, -0.1) is 17.0 Å². The molecule has 2 heterocycles. The number of thiazole rings is 1. The zero-order chi connectivity index (χ0) is 29.4. The third-order valence-corrected chi connectivity index (χ3v) is 9.41. The minimum absolute atomic E-state index is 0. The summed E-state index contributed by atoms with van der Waals surface area (Å²) in [5, 5.41) is 2.40. The average Bonchev–Trinajstić information content (AvgIpc) is 3.58. The van der Waals surface area contributed by atoms with Crippen molar-refractivity contribution in [1.29, 1.82) is 0 Å². The number of aromatic nitrogens is 1. The maximum Gasteiger partial charge on any atom is 0.263 e. The predicted octanol–water partition coefficient (Wildman–Crippen LogP) is 9.61. The van der Waals surface area contributed by atoms with E-state index in [9.17, 15) is 0 Å². The summed E-state index contributed by atoms with van der Waals surface area (Å²) in [5.74, 6) is 1.76. The molecule has 0 amide bonds. The molecule has 5 aromatic rings. The second-order valence-corrected chi connectivity index (χ2v) is 12.1. The second-order valence-electron chi connectivity index (χ2n) is 9.99. The molecule has 1 aliphatic heterocycles. The lowest BCUT2D eigenvalue weighted by Crippen LogP contribution is -2.35. The number of benzene rings is 4. The molecule has 0 aliphatic carbocycles. The Morgan fingerprint density at radius 2 is 1.41 bits per heavy atom. The monoisotopic (exact) mass is 681 g/mol. The molecule has 0 saturated carbocycles. The van der Waals surface area contributed by atoms with Crippen LogP contribution < -0.4 is 18.9 Å². The first kappa shape index (κ1) is 31.4. The smallest absolute Gasteiger partial charge is 0.263 e. The van der Waals surface area contributed by atoms with E-state index in [2.05, 4.69) is 125 Å². The van der Waals surface area contributed by atoms with Crippen molar-refractivity contribution in [1.82, 2.24) is 0 Å². The van der Waals surface area contributed by atoms with Crippen LogP contribution in [-0.4, -0.2) is 14.2 Å². The number of fused-ring (bicyclic) bond motifs is 2. The molecule has 6 rings (SSSR count). The van der Waals surface area contributed by atoms with E-state index in [1.165, 1.54) is 42.0 Å². The highest BCUT2D eigenvalue weighted by Crippen LogP contribution is 2.46. The van der Waals surface area contributed by atoms with E-state index in [1.54, 1.807) is 37.3 Å². The zero-order valence-electron chi connectivity index (χ0n) is 24.6. The Balaban J connectivity index is 0.00000384. The Morgan fingerprint density at radius 1 is 0.727 bits per heavy atom. The molecule has 0 atom stereocenters. The molecule has 0 saturated heterocycles. The fourth-order valence-corrected chi connectivity index (χ4v) is 7.20. The van der Waals surface area contributed by atoms with Gasteiger partial charge >= 0.3 is 0 Å². The van der Waals surface area contributed by atoms with E-state index < -0.39 is 0 Å². The molecule has 1 aliphatic rings. The van der Waals surface area contributed by atoms with Gasteiger partial charge in [-0.25, -0.2) is 0 Å². The minimum Gasteiger partial charge on any atom is -0.497 e. The van der Waals surface area contributed by atoms with Crippen LogP contribution >= 0.6 is 40.1 Å². The number of rotatable bonds is 10. The highest BCUT2D eigenvalue weighted by Gasteiger charge is 2.24. The quantitative estimate of drug-likeness (QED) is 0.108. The zero-order valence-corrected chi connectivity index (χ0v) is 28.0. The molecule has 0 unspecified atom stereocenters. The lowest BCUT2D eigenvalue weighted by molar-refractivity contribution is -0.659. The van der Waals surface area contributed by atoms with Gasteiger partial charge in [0.05, 0.1) is 24.9 Å². The first-order valence-corrected chi connectivity index (χ1v) is 15.8. The number of methoxy groups -OCH3 is 2. The van der Waals surface area contributed by atoms with Gasteiger partial charge in [0.15, 0.2) is 6.54 Å². The van der Waals surface area contributed by atoms with Crippen LogP contribution in [0.2, 0.25) is 0 Å². The topological polar surface area (TPSA) is 25.6 Å². The maximum atomic E-state index is 5.44. The summed E-state index contributed by atoms with van der Waals surface area (Å²) in [6, 6.07) is 33.7. The van der Waals surface area contributed by atoms with E-state index in [0.717, 1.165) is 24.6 Å². The van der Waals surface area contributed by atoms with Crippen molar-refractivity contribution >= 4 is 62.1 Å². The van der Waals surface area contributed by atoms with Gasteiger partial charge in [0.1, 0.15) is 16.2 Å². The number of nitrogens with zero attached hydrogens (tertiary/aromatic N) is 2. The standard InChI is InChI=1S/C37H33N2O2S2.BrH/c1-40-30-16-12-14-28(24-30)26-38-32-18-8-10-20-34(32)42-36(38)22-6-4-3-5-7-23-37-39(33-19-9-11-21-35(33)43-37)27-29-15-13-17-31(25-29)41-2;/h3-25H,26-27H2,1-2H3;1H/q+1;. The molecule has 0 spiro atoms. The largest absolute Gasteiger partial charge is 0.497 e. The number of halogens is 1. The average molecular weight is 683 g/mol. The van der Waals surface area contributed by atoms with Gasteiger partial charge in [0, 0.05) is 29.1 Å². The molecule has 0 fully saturated rings. The number of thioether (sulfide) groups is 1. The fraction of sp³-hybridized carbons (Fsp3) is 0.108. The Hall–Kier alpha value is -4.04. The van der Waals surface area contributed by atoms with Crippen LogP contribution in [-0.2, 0) is 13.1 Å². The normalized spacial score (nSPS) is 13.8.